The molecular formula is C23H30N4O5S. The summed E-state index contributed by atoms with van der Waals surface area (Å²) in [5, 5.41) is 2.74. The molecule has 1 aliphatic rings. The third-order valence-electron chi connectivity index (χ3n) is 5.29. The van der Waals surface area contributed by atoms with Crippen molar-refractivity contribution in [2.45, 2.75) is 24.8 Å². The number of hydrogen-bond acceptors (Lipinski definition) is 6. The van der Waals surface area contributed by atoms with Crippen molar-refractivity contribution in [2.24, 2.45) is 0 Å². The maximum Gasteiger partial charge on any atom is 0.255 e. The summed E-state index contributed by atoms with van der Waals surface area (Å²) < 4.78 is 33.0. The molecule has 0 unspecified atom stereocenters. The number of nitrogens with zero attached hydrogens (tertiary/aromatic N) is 2. The summed E-state index contributed by atoms with van der Waals surface area (Å²) in [5.74, 6) is -0.369. The third kappa shape index (κ3) is 6.10. The van der Waals surface area contributed by atoms with Crippen molar-refractivity contribution in [3.05, 3.63) is 53.6 Å². The van der Waals surface area contributed by atoms with Crippen LogP contribution in [0.5, 0.6) is 5.75 Å². The molecule has 0 saturated carbocycles. The second-order valence-corrected chi connectivity index (χ2v) is 9.95. The predicted molar refractivity (Wildman–Crippen MR) is 126 cm³/mol. The van der Waals surface area contributed by atoms with Crippen LogP contribution in [0.4, 0.5) is 5.69 Å². The molecule has 33 heavy (non-hydrogen) atoms. The van der Waals surface area contributed by atoms with Gasteiger partial charge in [-0.1, -0.05) is 0 Å². The summed E-state index contributed by atoms with van der Waals surface area (Å²) in [6, 6.07) is 10.6. The fourth-order valence-electron chi connectivity index (χ4n) is 3.49. The fraction of sp³-hybridized carbons (Fsp3) is 0.391. The van der Waals surface area contributed by atoms with E-state index in [1.54, 1.807) is 38.1 Å². The highest BCUT2D eigenvalue weighted by molar-refractivity contribution is 7.89. The highest BCUT2D eigenvalue weighted by Gasteiger charge is 2.23. The number of piperazine rings is 1. The standard InChI is InChI=1S/C23H30N4O5S/c1-16(2)25-33(30,31)21-15-18(7-10-20(21)32-4)22(28)24-19-8-5-17(6-9-19)23(29)27-13-11-26(3)12-14-27/h5-10,15-16,25H,11-14H2,1-4H3,(H,24,28). The molecule has 3 rings (SSSR count). The molecule has 0 atom stereocenters. The first-order valence-corrected chi connectivity index (χ1v) is 12.2. The van der Waals surface area contributed by atoms with Crippen LogP contribution in [-0.2, 0) is 10.0 Å². The van der Waals surface area contributed by atoms with E-state index in [-0.39, 0.29) is 28.2 Å². The molecule has 1 saturated heterocycles. The summed E-state index contributed by atoms with van der Waals surface area (Å²) in [7, 11) is -0.462. The van der Waals surface area contributed by atoms with Crippen LogP contribution < -0.4 is 14.8 Å². The Kier molecular flexibility index (Phi) is 7.72. The Hall–Kier alpha value is -2.95. The zero-order chi connectivity index (χ0) is 24.2. The minimum absolute atomic E-state index is 0.0383. The van der Waals surface area contributed by atoms with Gasteiger partial charge in [-0.25, -0.2) is 13.1 Å². The first-order valence-electron chi connectivity index (χ1n) is 10.7. The Morgan fingerprint density at radius 1 is 0.970 bits per heavy atom. The smallest absolute Gasteiger partial charge is 0.255 e. The van der Waals surface area contributed by atoms with Crippen molar-refractivity contribution in [2.75, 3.05) is 45.7 Å². The van der Waals surface area contributed by atoms with Gasteiger partial charge in [0.1, 0.15) is 10.6 Å². The van der Waals surface area contributed by atoms with E-state index in [4.69, 9.17) is 4.74 Å². The number of carbonyl (C=O) groups excluding carboxylic acids is 2. The Bertz CT molecular complexity index is 1110. The molecule has 0 radical (unpaired) electrons. The molecule has 178 valence electrons. The summed E-state index contributed by atoms with van der Waals surface area (Å²) in [4.78, 5) is 29.3. The van der Waals surface area contributed by atoms with Crippen LogP contribution in [0.2, 0.25) is 0 Å². The SMILES string of the molecule is COc1ccc(C(=O)Nc2ccc(C(=O)N3CCN(C)CC3)cc2)cc1S(=O)(=O)NC(C)C. The number of ether oxygens (including phenoxy) is 1. The van der Waals surface area contributed by atoms with Crippen LogP contribution in [-0.4, -0.2) is 76.4 Å². The summed E-state index contributed by atoms with van der Waals surface area (Å²) in [6.45, 7) is 6.46. The largest absolute Gasteiger partial charge is 0.495 e. The minimum atomic E-state index is -3.86. The molecular weight excluding hydrogens is 444 g/mol. The van der Waals surface area contributed by atoms with E-state index in [1.807, 2.05) is 11.9 Å². The lowest BCUT2D eigenvalue weighted by molar-refractivity contribution is 0.0664. The van der Waals surface area contributed by atoms with Gasteiger partial charge in [-0.3, -0.25) is 9.59 Å². The number of likely N-dealkylation sites (N-methyl/N-ethyl adjacent to an activating group) is 1. The molecule has 0 bridgehead atoms. The molecule has 2 N–H and O–H groups in total. The maximum absolute atomic E-state index is 12.8. The van der Waals surface area contributed by atoms with Gasteiger partial charge in [0.25, 0.3) is 11.8 Å². The number of methoxy groups -OCH3 is 1. The third-order valence-corrected chi connectivity index (χ3v) is 6.97. The zero-order valence-corrected chi connectivity index (χ0v) is 20.1. The highest BCUT2D eigenvalue weighted by Crippen LogP contribution is 2.25. The fourth-order valence-corrected chi connectivity index (χ4v) is 4.94. The molecule has 1 aliphatic heterocycles. The summed E-state index contributed by atoms with van der Waals surface area (Å²) in [6.07, 6.45) is 0. The number of amides is 2. The summed E-state index contributed by atoms with van der Waals surface area (Å²) >= 11 is 0. The van der Waals surface area contributed by atoms with Crippen LogP contribution in [0.1, 0.15) is 34.6 Å². The zero-order valence-electron chi connectivity index (χ0n) is 19.3. The van der Waals surface area contributed by atoms with Gasteiger partial charge >= 0.3 is 0 Å². The van der Waals surface area contributed by atoms with Gasteiger partial charge in [-0.2, -0.15) is 0 Å². The van der Waals surface area contributed by atoms with E-state index in [9.17, 15) is 18.0 Å². The van der Waals surface area contributed by atoms with Crippen molar-refractivity contribution >= 4 is 27.5 Å². The molecule has 1 heterocycles. The predicted octanol–water partition coefficient (Wildman–Crippen LogP) is 2.02. The summed E-state index contributed by atoms with van der Waals surface area (Å²) in [5.41, 5.74) is 1.21. The quantitative estimate of drug-likeness (QED) is 0.636. The molecule has 2 aromatic carbocycles. The minimum Gasteiger partial charge on any atom is -0.495 e. The molecule has 10 heteroatoms. The number of benzene rings is 2. The van der Waals surface area contributed by atoms with E-state index in [2.05, 4.69) is 14.9 Å². The van der Waals surface area contributed by atoms with Crippen LogP contribution in [0.25, 0.3) is 0 Å². The van der Waals surface area contributed by atoms with Crippen LogP contribution in [0.15, 0.2) is 47.4 Å². The van der Waals surface area contributed by atoms with Crippen molar-refractivity contribution in [1.29, 1.82) is 0 Å². The molecule has 0 spiro atoms. The second kappa shape index (κ2) is 10.3. The molecule has 0 aliphatic carbocycles. The van der Waals surface area contributed by atoms with Gasteiger partial charge in [-0.05, 0) is 63.4 Å². The van der Waals surface area contributed by atoms with Crippen molar-refractivity contribution in [3.8, 4) is 5.75 Å². The first kappa shape index (κ1) is 24.7. The topological polar surface area (TPSA) is 108 Å². The van der Waals surface area contributed by atoms with Gasteiger partial charge in [0.15, 0.2) is 0 Å². The highest BCUT2D eigenvalue weighted by atomic mass is 32.2. The van der Waals surface area contributed by atoms with Crippen molar-refractivity contribution in [1.82, 2.24) is 14.5 Å². The Morgan fingerprint density at radius 2 is 1.58 bits per heavy atom. The van der Waals surface area contributed by atoms with Gasteiger partial charge in [0, 0.05) is 49.0 Å². The number of carbonyl (C=O) groups is 2. The maximum atomic E-state index is 12.8. The number of hydrogen-bond donors (Lipinski definition) is 2. The molecule has 0 aromatic heterocycles. The monoisotopic (exact) mass is 474 g/mol. The van der Waals surface area contributed by atoms with Gasteiger partial charge in [0.2, 0.25) is 10.0 Å². The van der Waals surface area contributed by atoms with Crippen molar-refractivity contribution < 1.29 is 22.7 Å². The van der Waals surface area contributed by atoms with E-state index < -0.39 is 15.9 Å². The Labute approximate surface area is 194 Å². The normalized spacial score (nSPS) is 14.9. The average molecular weight is 475 g/mol. The average Bonchev–Trinajstić information content (AvgIpc) is 2.78. The lowest BCUT2D eigenvalue weighted by atomic mass is 10.1. The first-order chi connectivity index (χ1) is 15.6. The molecule has 2 aromatic rings. The Morgan fingerprint density at radius 3 is 2.15 bits per heavy atom. The number of anilines is 1. The van der Waals surface area contributed by atoms with E-state index >= 15 is 0 Å². The number of rotatable bonds is 7. The van der Waals surface area contributed by atoms with E-state index in [1.165, 1.54) is 25.3 Å². The van der Waals surface area contributed by atoms with Gasteiger partial charge in [-0.15, -0.1) is 0 Å². The second-order valence-electron chi connectivity index (χ2n) is 8.27. The lowest BCUT2D eigenvalue weighted by Crippen LogP contribution is -2.47. The van der Waals surface area contributed by atoms with Crippen LogP contribution >= 0.6 is 0 Å². The number of sulfonamides is 1. The molecule has 1 fully saturated rings. The van der Waals surface area contributed by atoms with E-state index in [0.29, 0.717) is 24.3 Å². The van der Waals surface area contributed by atoms with Crippen molar-refractivity contribution in [3.63, 3.8) is 0 Å². The van der Waals surface area contributed by atoms with Gasteiger partial charge in [0.05, 0.1) is 7.11 Å². The number of nitrogens with one attached hydrogen (secondary N) is 2. The van der Waals surface area contributed by atoms with Crippen LogP contribution in [0, 0.1) is 0 Å². The van der Waals surface area contributed by atoms with E-state index in [0.717, 1.165) is 13.1 Å². The lowest BCUT2D eigenvalue weighted by Gasteiger charge is -2.32. The van der Waals surface area contributed by atoms with Gasteiger partial charge < -0.3 is 19.9 Å². The Balaban J connectivity index is 1.73. The molecule has 9 nitrogen and oxygen atoms in total. The molecule has 2 amide bonds. The van der Waals surface area contributed by atoms with Crippen LogP contribution in [0.3, 0.4) is 0 Å².